The van der Waals surface area contributed by atoms with E-state index in [0.717, 1.165) is 0 Å². The van der Waals surface area contributed by atoms with Crippen molar-refractivity contribution in [2.75, 3.05) is 17.2 Å². The number of anilines is 2. The van der Waals surface area contributed by atoms with Crippen LogP contribution in [0.25, 0.3) is 0 Å². The minimum atomic E-state index is -0.348. The van der Waals surface area contributed by atoms with Crippen molar-refractivity contribution < 1.29 is 14.0 Å². The fraction of sp³-hybridized carbons (Fsp3) is 0.125. The summed E-state index contributed by atoms with van der Waals surface area (Å²) in [5, 5.41) is 5.32. The summed E-state index contributed by atoms with van der Waals surface area (Å²) in [6.45, 7) is -0.141. The Hall–Kier alpha value is -2.73. The molecule has 0 unspecified atom stereocenters. The molecule has 2 rings (SSSR count). The molecule has 0 aromatic heterocycles. The maximum Gasteiger partial charge on any atom is 0.238 e. The van der Waals surface area contributed by atoms with Crippen molar-refractivity contribution in [2.24, 2.45) is 5.73 Å². The van der Waals surface area contributed by atoms with E-state index in [4.69, 9.17) is 5.73 Å². The summed E-state index contributed by atoms with van der Waals surface area (Å²) in [6, 6.07) is 12.5. The zero-order chi connectivity index (χ0) is 15.9. The second-order valence-corrected chi connectivity index (χ2v) is 4.65. The molecular formula is C16H16FN3O2. The van der Waals surface area contributed by atoms with E-state index in [0.29, 0.717) is 16.9 Å². The van der Waals surface area contributed by atoms with Gasteiger partial charge in [-0.1, -0.05) is 24.3 Å². The number of hydrogen-bond acceptors (Lipinski definition) is 3. The third-order valence-corrected chi connectivity index (χ3v) is 2.94. The van der Waals surface area contributed by atoms with E-state index >= 15 is 0 Å². The van der Waals surface area contributed by atoms with Gasteiger partial charge in [-0.05, 0) is 29.8 Å². The lowest BCUT2D eigenvalue weighted by Crippen LogP contribution is -2.23. The largest absolute Gasteiger partial charge is 0.324 e. The summed E-state index contributed by atoms with van der Waals surface area (Å²) in [5.41, 5.74) is 6.91. The van der Waals surface area contributed by atoms with Gasteiger partial charge in [0.15, 0.2) is 0 Å². The lowest BCUT2D eigenvalue weighted by atomic mass is 10.1. The number of benzene rings is 2. The lowest BCUT2D eigenvalue weighted by Gasteiger charge is -2.11. The van der Waals surface area contributed by atoms with E-state index < -0.39 is 0 Å². The molecule has 2 aromatic carbocycles. The molecule has 2 aromatic rings. The molecule has 0 spiro atoms. The van der Waals surface area contributed by atoms with Crippen LogP contribution in [0.5, 0.6) is 0 Å². The minimum Gasteiger partial charge on any atom is -0.324 e. The second-order valence-electron chi connectivity index (χ2n) is 4.65. The van der Waals surface area contributed by atoms with Crippen molar-refractivity contribution in [3.63, 3.8) is 0 Å². The number of halogens is 1. The van der Waals surface area contributed by atoms with Crippen LogP contribution in [0.2, 0.25) is 0 Å². The fourth-order valence-electron chi connectivity index (χ4n) is 1.88. The molecule has 0 radical (unpaired) electrons. The molecule has 0 atom stereocenters. The van der Waals surface area contributed by atoms with Crippen LogP contribution in [0.1, 0.15) is 5.56 Å². The first-order chi connectivity index (χ1) is 10.6. The maximum atomic E-state index is 12.8. The van der Waals surface area contributed by atoms with Crippen LogP contribution in [0.4, 0.5) is 15.8 Å². The number of para-hydroxylation sites is 2. The quantitative estimate of drug-likeness (QED) is 0.788. The van der Waals surface area contributed by atoms with Crippen LogP contribution >= 0.6 is 0 Å². The zero-order valence-electron chi connectivity index (χ0n) is 11.8. The highest BCUT2D eigenvalue weighted by molar-refractivity contribution is 6.00. The van der Waals surface area contributed by atoms with Crippen molar-refractivity contribution in [1.82, 2.24) is 0 Å². The summed E-state index contributed by atoms with van der Waals surface area (Å²) >= 11 is 0. The van der Waals surface area contributed by atoms with E-state index in [1.54, 1.807) is 36.4 Å². The molecule has 5 nitrogen and oxygen atoms in total. The van der Waals surface area contributed by atoms with Gasteiger partial charge in [0.2, 0.25) is 11.8 Å². The Kier molecular flexibility index (Phi) is 5.21. The van der Waals surface area contributed by atoms with Crippen molar-refractivity contribution in [2.45, 2.75) is 6.42 Å². The van der Waals surface area contributed by atoms with Gasteiger partial charge in [-0.25, -0.2) is 4.39 Å². The Balaban J connectivity index is 2.05. The highest BCUT2D eigenvalue weighted by atomic mass is 19.1. The topological polar surface area (TPSA) is 84.2 Å². The Morgan fingerprint density at radius 1 is 0.909 bits per heavy atom. The van der Waals surface area contributed by atoms with Gasteiger partial charge >= 0.3 is 0 Å². The summed E-state index contributed by atoms with van der Waals surface area (Å²) < 4.78 is 12.8. The van der Waals surface area contributed by atoms with Crippen LogP contribution in [-0.2, 0) is 16.0 Å². The normalized spacial score (nSPS) is 10.1. The van der Waals surface area contributed by atoms with E-state index in [1.165, 1.54) is 12.1 Å². The standard InChI is InChI=1S/C16H16FN3O2/c17-12-7-5-11(6-8-12)9-15(21)19-13-3-1-2-4-14(13)20-16(22)10-18/h1-8H,9-10,18H2,(H,19,21)(H,20,22). The molecule has 0 bridgehead atoms. The smallest absolute Gasteiger partial charge is 0.238 e. The number of amides is 2. The molecule has 4 N–H and O–H groups in total. The maximum absolute atomic E-state index is 12.8. The molecule has 0 aliphatic heterocycles. The first-order valence-electron chi connectivity index (χ1n) is 6.71. The molecule has 0 saturated carbocycles. The monoisotopic (exact) mass is 301 g/mol. The van der Waals surface area contributed by atoms with E-state index in [9.17, 15) is 14.0 Å². The van der Waals surface area contributed by atoms with Gasteiger partial charge in [0.25, 0.3) is 0 Å². The van der Waals surface area contributed by atoms with Gasteiger partial charge in [0.1, 0.15) is 5.82 Å². The van der Waals surface area contributed by atoms with Crippen molar-refractivity contribution >= 4 is 23.2 Å². The Morgan fingerprint density at radius 2 is 1.45 bits per heavy atom. The average Bonchev–Trinajstić information content (AvgIpc) is 2.51. The first kappa shape index (κ1) is 15.7. The van der Waals surface area contributed by atoms with Crippen LogP contribution in [0.3, 0.4) is 0 Å². The summed E-state index contributed by atoms with van der Waals surface area (Å²) in [5.74, 6) is -0.958. The summed E-state index contributed by atoms with van der Waals surface area (Å²) in [7, 11) is 0. The van der Waals surface area contributed by atoms with E-state index in [-0.39, 0.29) is 30.6 Å². The van der Waals surface area contributed by atoms with Crippen molar-refractivity contribution in [1.29, 1.82) is 0 Å². The van der Waals surface area contributed by atoms with Crippen LogP contribution in [-0.4, -0.2) is 18.4 Å². The highest BCUT2D eigenvalue weighted by Crippen LogP contribution is 2.21. The first-order valence-corrected chi connectivity index (χ1v) is 6.71. The Bertz CT molecular complexity index is 671. The van der Waals surface area contributed by atoms with Gasteiger partial charge in [-0.3, -0.25) is 9.59 Å². The van der Waals surface area contributed by atoms with Crippen molar-refractivity contribution in [3.05, 3.63) is 59.9 Å². The second kappa shape index (κ2) is 7.33. The molecule has 0 heterocycles. The van der Waals surface area contributed by atoms with Gasteiger partial charge in [0.05, 0.1) is 24.3 Å². The summed E-state index contributed by atoms with van der Waals surface area (Å²) in [4.78, 5) is 23.4. The molecule has 2 amide bonds. The summed E-state index contributed by atoms with van der Waals surface area (Å²) in [6.07, 6.45) is 0.111. The molecular weight excluding hydrogens is 285 g/mol. The number of nitrogens with two attached hydrogens (primary N) is 1. The van der Waals surface area contributed by atoms with Crippen LogP contribution in [0.15, 0.2) is 48.5 Å². The molecule has 0 saturated heterocycles. The number of hydrogen-bond donors (Lipinski definition) is 3. The minimum absolute atomic E-state index is 0.111. The molecule has 0 fully saturated rings. The van der Waals surface area contributed by atoms with Gasteiger partial charge in [-0.15, -0.1) is 0 Å². The average molecular weight is 301 g/mol. The molecule has 22 heavy (non-hydrogen) atoms. The third-order valence-electron chi connectivity index (χ3n) is 2.94. The predicted octanol–water partition coefficient (Wildman–Crippen LogP) is 1.90. The van der Waals surface area contributed by atoms with Gasteiger partial charge in [0, 0.05) is 0 Å². The highest BCUT2D eigenvalue weighted by Gasteiger charge is 2.09. The number of nitrogens with one attached hydrogen (secondary N) is 2. The number of carbonyl (C=O) groups excluding carboxylic acids is 2. The number of carbonyl (C=O) groups is 2. The molecule has 114 valence electrons. The van der Waals surface area contributed by atoms with Gasteiger partial charge in [-0.2, -0.15) is 0 Å². The lowest BCUT2D eigenvalue weighted by molar-refractivity contribution is -0.116. The van der Waals surface area contributed by atoms with Crippen LogP contribution in [0, 0.1) is 5.82 Å². The SMILES string of the molecule is NCC(=O)Nc1ccccc1NC(=O)Cc1ccc(F)cc1. The zero-order valence-corrected chi connectivity index (χ0v) is 11.8. The fourth-order valence-corrected chi connectivity index (χ4v) is 1.88. The molecule has 6 heteroatoms. The van der Waals surface area contributed by atoms with E-state index in [1.807, 2.05) is 0 Å². The third kappa shape index (κ3) is 4.39. The predicted molar refractivity (Wildman–Crippen MR) is 82.9 cm³/mol. The Morgan fingerprint density at radius 3 is 2.00 bits per heavy atom. The number of rotatable bonds is 5. The van der Waals surface area contributed by atoms with Gasteiger partial charge < -0.3 is 16.4 Å². The van der Waals surface area contributed by atoms with E-state index in [2.05, 4.69) is 10.6 Å². The molecule has 0 aliphatic carbocycles. The van der Waals surface area contributed by atoms with Crippen LogP contribution < -0.4 is 16.4 Å². The molecule has 0 aliphatic rings. The van der Waals surface area contributed by atoms with Crippen molar-refractivity contribution in [3.8, 4) is 0 Å². The Labute approximate surface area is 127 Å².